The summed E-state index contributed by atoms with van der Waals surface area (Å²) in [5.74, 6) is 0.571. The van der Waals surface area contributed by atoms with Crippen molar-refractivity contribution in [3.05, 3.63) is 23.3 Å². The highest BCUT2D eigenvalue weighted by Crippen LogP contribution is 2.34. The van der Waals surface area contributed by atoms with Gasteiger partial charge in [-0.05, 0) is 61.0 Å². The molecule has 0 spiro atoms. The number of phenols is 2. The van der Waals surface area contributed by atoms with E-state index in [1.54, 1.807) is 6.07 Å². The molecule has 1 rings (SSSR count). The lowest BCUT2D eigenvalue weighted by Crippen LogP contribution is -2.08. The number of phenolic OH excluding ortho intramolecular Hbond substituents is 2. The maximum Gasteiger partial charge on any atom is 0.125 e. The average Bonchev–Trinajstić information content (AvgIpc) is 2.54. The standard InChI is InChI=1S/C24H42O2/c1-7-24(5,6)18-11-8-9-13-19-15-16-21(25)20(22(19)26)14-10-12-17-23(2,3)4/h15-16,25-26H,7-14,17-18H2,1-6H3. The number of rotatable bonds is 11. The predicted octanol–water partition coefficient (Wildman–Crippen LogP) is 7.40. The van der Waals surface area contributed by atoms with Gasteiger partial charge in [-0.2, -0.15) is 0 Å². The SMILES string of the molecule is CCC(C)(C)CCCCCc1ccc(O)c(CCCCC(C)(C)C)c1O. The van der Waals surface area contributed by atoms with Crippen LogP contribution in [-0.2, 0) is 12.8 Å². The lowest BCUT2D eigenvalue weighted by molar-refractivity contribution is 0.308. The molecule has 0 radical (unpaired) electrons. The first-order valence-corrected chi connectivity index (χ1v) is 10.6. The van der Waals surface area contributed by atoms with Crippen molar-refractivity contribution in [1.82, 2.24) is 0 Å². The minimum absolute atomic E-state index is 0.242. The van der Waals surface area contributed by atoms with Crippen LogP contribution >= 0.6 is 0 Å². The summed E-state index contributed by atoms with van der Waals surface area (Å²) in [7, 11) is 0. The minimum Gasteiger partial charge on any atom is -0.508 e. The normalized spacial score (nSPS) is 12.5. The van der Waals surface area contributed by atoms with Crippen LogP contribution in [0.2, 0.25) is 0 Å². The fourth-order valence-electron chi connectivity index (χ4n) is 3.35. The molecule has 0 saturated heterocycles. The first-order valence-electron chi connectivity index (χ1n) is 10.6. The smallest absolute Gasteiger partial charge is 0.125 e. The van der Waals surface area contributed by atoms with Gasteiger partial charge in [0.15, 0.2) is 0 Å². The Labute approximate surface area is 162 Å². The second-order valence-corrected chi connectivity index (χ2v) is 9.92. The first-order chi connectivity index (χ1) is 12.1. The van der Waals surface area contributed by atoms with E-state index in [1.165, 1.54) is 32.1 Å². The quantitative estimate of drug-likeness (QED) is 0.403. The molecule has 0 heterocycles. The minimum atomic E-state index is 0.242. The van der Waals surface area contributed by atoms with Crippen molar-refractivity contribution in [1.29, 1.82) is 0 Å². The van der Waals surface area contributed by atoms with E-state index in [1.807, 2.05) is 6.07 Å². The van der Waals surface area contributed by atoms with E-state index in [-0.39, 0.29) is 5.75 Å². The van der Waals surface area contributed by atoms with Crippen LogP contribution in [0.25, 0.3) is 0 Å². The van der Waals surface area contributed by atoms with E-state index in [0.29, 0.717) is 16.6 Å². The molecule has 0 aliphatic rings. The van der Waals surface area contributed by atoms with Gasteiger partial charge in [0.2, 0.25) is 0 Å². The zero-order valence-corrected chi connectivity index (χ0v) is 18.1. The summed E-state index contributed by atoms with van der Waals surface area (Å²) < 4.78 is 0. The van der Waals surface area contributed by atoms with Crippen LogP contribution in [0.15, 0.2) is 12.1 Å². The van der Waals surface area contributed by atoms with Gasteiger partial charge in [0.25, 0.3) is 0 Å². The molecule has 0 bridgehead atoms. The van der Waals surface area contributed by atoms with Gasteiger partial charge in [0.1, 0.15) is 11.5 Å². The Hall–Kier alpha value is -1.18. The van der Waals surface area contributed by atoms with Crippen molar-refractivity contribution in [2.24, 2.45) is 10.8 Å². The summed E-state index contributed by atoms with van der Waals surface area (Å²) in [6, 6.07) is 3.65. The van der Waals surface area contributed by atoms with E-state index in [9.17, 15) is 10.2 Å². The zero-order valence-electron chi connectivity index (χ0n) is 18.1. The highest BCUT2D eigenvalue weighted by Gasteiger charge is 2.15. The van der Waals surface area contributed by atoms with E-state index < -0.39 is 0 Å². The Balaban J connectivity index is 2.50. The molecule has 1 aromatic carbocycles. The van der Waals surface area contributed by atoms with Gasteiger partial charge in [-0.25, -0.2) is 0 Å². The van der Waals surface area contributed by atoms with E-state index in [0.717, 1.165) is 43.2 Å². The molecule has 1 aromatic rings. The van der Waals surface area contributed by atoms with Gasteiger partial charge < -0.3 is 10.2 Å². The second-order valence-electron chi connectivity index (χ2n) is 9.92. The van der Waals surface area contributed by atoms with Crippen LogP contribution in [-0.4, -0.2) is 10.2 Å². The molecule has 0 unspecified atom stereocenters. The summed E-state index contributed by atoms with van der Waals surface area (Å²) in [6.07, 6.45) is 11.0. The van der Waals surface area contributed by atoms with Gasteiger partial charge in [-0.3, -0.25) is 0 Å². The molecule has 0 atom stereocenters. The molecule has 2 N–H and O–H groups in total. The summed E-state index contributed by atoms with van der Waals surface area (Å²) in [5.41, 5.74) is 2.52. The van der Waals surface area contributed by atoms with Gasteiger partial charge >= 0.3 is 0 Å². The molecule has 2 nitrogen and oxygen atoms in total. The van der Waals surface area contributed by atoms with Crippen molar-refractivity contribution >= 4 is 0 Å². The number of benzene rings is 1. The van der Waals surface area contributed by atoms with Crippen molar-refractivity contribution < 1.29 is 10.2 Å². The third-order valence-electron chi connectivity index (χ3n) is 5.70. The van der Waals surface area contributed by atoms with Crippen LogP contribution in [0.5, 0.6) is 11.5 Å². The summed E-state index contributed by atoms with van der Waals surface area (Å²) in [6.45, 7) is 13.7. The summed E-state index contributed by atoms with van der Waals surface area (Å²) in [4.78, 5) is 0. The molecule has 0 fully saturated rings. The van der Waals surface area contributed by atoms with Crippen molar-refractivity contribution in [3.63, 3.8) is 0 Å². The molecule has 26 heavy (non-hydrogen) atoms. The lowest BCUT2D eigenvalue weighted by atomic mass is 9.84. The summed E-state index contributed by atoms with van der Waals surface area (Å²) >= 11 is 0. The molecule has 0 aliphatic heterocycles. The van der Waals surface area contributed by atoms with E-state index in [4.69, 9.17) is 0 Å². The van der Waals surface area contributed by atoms with Crippen LogP contribution < -0.4 is 0 Å². The molecule has 2 heteroatoms. The first kappa shape index (κ1) is 22.9. The third-order valence-corrected chi connectivity index (χ3v) is 5.70. The number of unbranched alkanes of at least 4 members (excludes halogenated alkanes) is 3. The van der Waals surface area contributed by atoms with Gasteiger partial charge in [0, 0.05) is 5.56 Å². The maximum atomic E-state index is 10.6. The fraction of sp³-hybridized carbons (Fsp3) is 0.750. The zero-order chi connectivity index (χ0) is 19.8. The third kappa shape index (κ3) is 8.47. The van der Waals surface area contributed by atoms with Crippen molar-refractivity contribution in [3.8, 4) is 11.5 Å². The molecule has 0 aromatic heterocycles. The van der Waals surface area contributed by atoms with Crippen molar-refractivity contribution in [2.45, 2.75) is 106 Å². The Kier molecular flexibility index (Phi) is 9.00. The molecule has 0 saturated carbocycles. The maximum absolute atomic E-state index is 10.6. The largest absolute Gasteiger partial charge is 0.508 e. The van der Waals surface area contributed by atoms with Crippen LogP contribution in [0.1, 0.15) is 104 Å². The molecule has 0 aliphatic carbocycles. The topological polar surface area (TPSA) is 40.5 Å². The second kappa shape index (κ2) is 10.2. The number of aromatic hydroxyl groups is 2. The molecular weight excluding hydrogens is 320 g/mol. The Bertz CT molecular complexity index is 538. The van der Waals surface area contributed by atoms with Crippen LogP contribution in [0.3, 0.4) is 0 Å². The monoisotopic (exact) mass is 362 g/mol. The van der Waals surface area contributed by atoms with E-state index in [2.05, 4.69) is 41.5 Å². The fourth-order valence-corrected chi connectivity index (χ4v) is 3.35. The number of hydrogen-bond acceptors (Lipinski definition) is 2. The highest BCUT2D eigenvalue weighted by atomic mass is 16.3. The lowest BCUT2D eigenvalue weighted by Gasteiger charge is -2.22. The van der Waals surface area contributed by atoms with Crippen molar-refractivity contribution in [2.75, 3.05) is 0 Å². The Morgan fingerprint density at radius 3 is 2.00 bits per heavy atom. The van der Waals surface area contributed by atoms with Crippen LogP contribution in [0.4, 0.5) is 0 Å². The molecule has 0 amide bonds. The molecular formula is C24H42O2. The predicted molar refractivity (Wildman–Crippen MR) is 113 cm³/mol. The Morgan fingerprint density at radius 2 is 1.38 bits per heavy atom. The summed E-state index contributed by atoms with van der Waals surface area (Å²) in [5, 5.41) is 20.7. The highest BCUT2D eigenvalue weighted by molar-refractivity contribution is 5.48. The molecule has 150 valence electrons. The van der Waals surface area contributed by atoms with E-state index >= 15 is 0 Å². The Morgan fingerprint density at radius 1 is 0.769 bits per heavy atom. The van der Waals surface area contributed by atoms with Gasteiger partial charge in [-0.1, -0.05) is 73.3 Å². The van der Waals surface area contributed by atoms with Gasteiger partial charge in [0.05, 0.1) is 0 Å². The van der Waals surface area contributed by atoms with Gasteiger partial charge in [-0.15, -0.1) is 0 Å². The van der Waals surface area contributed by atoms with Crippen LogP contribution in [0, 0.1) is 10.8 Å². The number of hydrogen-bond donors (Lipinski definition) is 2. The number of aryl methyl sites for hydroxylation is 1. The average molecular weight is 363 g/mol.